The summed E-state index contributed by atoms with van der Waals surface area (Å²) < 4.78 is 5.90. The molecular formula is C24H29N3O2. The molecule has 0 N–H and O–H groups in total. The van der Waals surface area contributed by atoms with E-state index in [2.05, 4.69) is 34.2 Å². The molecule has 1 aliphatic carbocycles. The van der Waals surface area contributed by atoms with Crippen molar-refractivity contribution >= 4 is 12.0 Å². The lowest BCUT2D eigenvalue weighted by Crippen LogP contribution is -2.49. The largest absolute Gasteiger partial charge is 0.483 e. The van der Waals surface area contributed by atoms with Crippen LogP contribution in [0.3, 0.4) is 0 Å². The van der Waals surface area contributed by atoms with E-state index in [9.17, 15) is 4.79 Å². The smallest absolute Gasteiger partial charge is 0.260 e. The summed E-state index contributed by atoms with van der Waals surface area (Å²) in [7, 11) is 0. The average molecular weight is 392 g/mol. The maximum Gasteiger partial charge on any atom is 0.260 e. The Bertz CT molecular complexity index is 842. The Morgan fingerprint density at radius 3 is 2.66 bits per heavy atom. The monoisotopic (exact) mass is 391 g/mol. The highest BCUT2D eigenvalue weighted by molar-refractivity contribution is 5.78. The molecule has 5 nitrogen and oxygen atoms in total. The van der Waals surface area contributed by atoms with Crippen molar-refractivity contribution in [1.29, 1.82) is 0 Å². The Morgan fingerprint density at radius 1 is 1.03 bits per heavy atom. The molecule has 1 aromatic heterocycles. The van der Waals surface area contributed by atoms with E-state index in [-0.39, 0.29) is 12.5 Å². The average Bonchev–Trinajstić information content (AvgIpc) is 2.78. The molecule has 1 amide bonds. The molecule has 1 fully saturated rings. The number of carbonyl (C=O) groups is 1. The lowest BCUT2D eigenvalue weighted by atomic mass is 9.95. The predicted molar refractivity (Wildman–Crippen MR) is 115 cm³/mol. The molecule has 4 rings (SSSR count). The molecule has 2 heterocycles. The van der Waals surface area contributed by atoms with Crippen molar-refractivity contribution in [2.45, 2.75) is 25.7 Å². The molecule has 0 saturated carbocycles. The van der Waals surface area contributed by atoms with Crippen molar-refractivity contribution in [3.8, 4) is 5.75 Å². The quantitative estimate of drug-likeness (QED) is 0.759. The Kier molecular flexibility index (Phi) is 6.57. The van der Waals surface area contributed by atoms with Crippen molar-refractivity contribution in [3.05, 3.63) is 65.5 Å². The molecule has 1 aromatic carbocycles. The maximum absolute atomic E-state index is 12.6. The highest BCUT2D eigenvalue weighted by Gasteiger charge is 2.22. The first-order valence-corrected chi connectivity index (χ1v) is 10.6. The third kappa shape index (κ3) is 5.24. The highest BCUT2D eigenvalue weighted by atomic mass is 16.5. The summed E-state index contributed by atoms with van der Waals surface area (Å²) in [5.74, 6) is 0.915. The van der Waals surface area contributed by atoms with Gasteiger partial charge in [-0.2, -0.15) is 0 Å². The number of fused-ring (bicyclic) bond motifs is 1. The predicted octanol–water partition coefficient (Wildman–Crippen LogP) is 3.20. The second-order valence-electron chi connectivity index (χ2n) is 7.72. The lowest BCUT2D eigenvalue weighted by molar-refractivity contribution is -0.135. The first-order chi connectivity index (χ1) is 14.3. The van der Waals surface area contributed by atoms with Crippen LogP contribution in [0, 0.1) is 0 Å². The van der Waals surface area contributed by atoms with E-state index in [4.69, 9.17) is 4.74 Å². The molecule has 152 valence electrons. The minimum Gasteiger partial charge on any atom is -0.483 e. The molecule has 1 aliphatic heterocycles. The van der Waals surface area contributed by atoms with Gasteiger partial charge in [-0.25, -0.2) is 0 Å². The van der Waals surface area contributed by atoms with Crippen molar-refractivity contribution < 1.29 is 9.53 Å². The number of rotatable bonds is 6. The van der Waals surface area contributed by atoms with E-state index >= 15 is 0 Å². The van der Waals surface area contributed by atoms with Gasteiger partial charge in [-0.3, -0.25) is 14.7 Å². The van der Waals surface area contributed by atoms with Crippen molar-refractivity contribution in [1.82, 2.24) is 14.8 Å². The zero-order valence-corrected chi connectivity index (χ0v) is 16.9. The van der Waals surface area contributed by atoms with Crippen LogP contribution in [-0.4, -0.2) is 60.0 Å². The third-order valence-electron chi connectivity index (χ3n) is 5.74. The number of nitrogens with zero attached hydrogens (tertiary/aromatic N) is 3. The van der Waals surface area contributed by atoms with Gasteiger partial charge in [0.05, 0.1) is 0 Å². The van der Waals surface area contributed by atoms with Crippen LogP contribution < -0.4 is 4.74 Å². The summed E-state index contributed by atoms with van der Waals surface area (Å²) >= 11 is 0. The Hall–Kier alpha value is -2.66. The van der Waals surface area contributed by atoms with Crippen LogP contribution in [0.25, 0.3) is 6.08 Å². The van der Waals surface area contributed by atoms with Gasteiger partial charge in [0, 0.05) is 50.2 Å². The van der Waals surface area contributed by atoms with E-state index in [1.54, 1.807) is 6.20 Å². The summed E-state index contributed by atoms with van der Waals surface area (Å²) in [4.78, 5) is 21.4. The molecule has 5 heteroatoms. The molecule has 0 spiro atoms. The number of piperazine rings is 1. The van der Waals surface area contributed by atoms with E-state index in [1.807, 2.05) is 29.2 Å². The maximum atomic E-state index is 12.6. The minimum atomic E-state index is 0.0749. The van der Waals surface area contributed by atoms with Crippen LogP contribution in [0.15, 0.2) is 48.7 Å². The Balaban J connectivity index is 1.22. The summed E-state index contributed by atoms with van der Waals surface area (Å²) in [5, 5.41) is 0. The minimum absolute atomic E-state index is 0.0749. The molecule has 2 aliphatic rings. The summed E-state index contributed by atoms with van der Waals surface area (Å²) in [6.07, 6.45) is 10.5. The number of pyridine rings is 1. The van der Waals surface area contributed by atoms with Crippen LogP contribution in [0.1, 0.15) is 29.7 Å². The van der Waals surface area contributed by atoms with Gasteiger partial charge in [-0.05, 0) is 37.3 Å². The molecule has 0 radical (unpaired) electrons. The first kappa shape index (κ1) is 19.6. The van der Waals surface area contributed by atoms with Crippen molar-refractivity contribution in [3.63, 3.8) is 0 Å². The van der Waals surface area contributed by atoms with Crippen molar-refractivity contribution in [2.24, 2.45) is 0 Å². The Labute approximate surface area is 173 Å². The molecule has 0 unspecified atom stereocenters. The fraction of sp³-hybridized carbons (Fsp3) is 0.417. The molecule has 1 saturated heterocycles. The fourth-order valence-corrected chi connectivity index (χ4v) is 4.04. The van der Waals surface area contributed by atoms with E-state index in [1.165, 1.54) is 24.0 Å². The third-order valence-corrected chi connectivity index (χ3v) is 5.74. The van der Waals surface area contributed by atoms with Gasteiger partial charge in [0.25, 0.3) is 5.91 Å². The summed E-state index contributed by atoms with van der Waals surface area (Å²) in [5.41, 5.74) is 3.55. The standard InChI is InChI=1S/C24H29N3O2/c28-24(19-29-23-12-13-25-22-11-5-4-10-21(22)23)27-17-15-26(16-18-27)14-6-9-20-7-2-1-3-8-20/h1-3,6-9,12-13H,4-5,10-11,14-19H2. The number of benzene rings is 1. The van der Waals surface area contributed by atoms with Crippen LogP contribution in [0.4, 0.5) is 0 Å². The second kappa shape index (κ2) is 9.70. The molecular weight excluding hydrogens is 362 g/mol. The van der Waals surface area contributed by atoms with E-state index < -0.39 is 0 Å². The number of amides is 1. The number of aromatic nitrogens is 1. The summed E-state index contributed by atoms with van der Waals surface area (Å²) in [6, 6.07) is 12.2. The molecule has 2 aromatic rings. The number of aryl methyl sites for hydroxylation is 1. The fourth-order valence-electron chi connectivity index (χ4n) is 4.04. The second-order valence-corrected chi connectivity index (χ2v) is 7.72. The van der Waals surface area contributed by atoms with Gasteiger partial charge < -0.3 is 9.64 Å². The van der Waals surface area contributed by atoms with Gasteiger partial charge in [-0.1, -0.05) is 42.5 Å². The van der Waals surface area contributed by atoms with Gasteiger partial charge in [-0.15, -0.1) is 0 Å². The summed E-state index contributed by atoms with van der Waals surface area (Å²) in [6.45, 7) is 4.34. The number of carbonyl (C=O) groups excluding carboxylic acids is 1. The SMILES string of the molecule is O=C(COc1ccnc2c1CCCC2)N1CCN(CC=Cc2ccccc2)CC1. The molecule has 0 atom stereocenters. The molecule has 0 bridgehead atoms. The van der Waals surface area contributed by atoms with Gasteiger partial charge in [0.2, 0.25) is 0 Å². The first-order valence-electron chi connectivity index (χ1n) is 10.6. The highest BCUT2D eigenvalue weighted by Crippen LogP contribution is 2.27. The van der Waals surface area contributed by atoms with E-state index in [0.717, 1.165) is 57.0 Å². The number of ether oxygens (including phenoxy) is 1. The van der Waals surface area contributed by atoms with Gasteiger partial charge in [0.1, 0.15) is 5.75 Å². The van der Waals surface area contributed by atoms with Gasteiger partial charge >= 0.3 is 0 Å². The van der Waals surface area contributed by atoms with Crippen LogP contribution in [0.5, 0.6) is 5.75 Å². The molecule has 29 heavy (non-hydrogen) atoms. The lowest BCUT2D eigenvalue weighted by Gasteiger charge is -2.34. The van der Waals surface area contributed by atoms with E-state index in [0.29, 0.717) is 0 Å². The zero-order valence-electron chi connectivity index (χ0n) is 16.9. The number of hydrogen-bond donors (Lipinski definition) is 0. The van der Waals surface area contributed by atoms with Crippen LogP contribution in [-0.2, 0) is 17.6 Å². The van der Waals surface area contributed by atoms with Crippen molar-refractivity contribution in [2.75, 3.05) is 39.3 Å². The number of hydrogen-bond acceptors (Lipinski definition) is 4. The normalized spacial score (nSPS) is 17.3. The van der Waals surface area contributed by atoms with Crippen LogP contribution in [0.2, 0.25) is 0 Å². The van der Waals surface area contributed by atoms with Crippen LogP contribution >= 0.6 is 0 Å². The Morgan fingerprint density at radius 2 is 1.83 bits per heavy atom. The zero-order chi connectivity index (χ0) is 19.9. The van der Waals surface area contributed by atoms with Gasteiger partial charge in [0.15, 0.2) is 6.61 Å². The topological polar surface area (TPSA) is 45.7 Å².